The lowest BCUT2D eigenvalue weighted by Crippen LogP contribution is -2.28. The summed E-state index contributed by atoms with van der Waals surface area (Å²) in [5, 5.41) is 18.9. The third kappa shape index (κ3) is 4.53. The van der Waals surface area contributed by atoms with E-state index in [1.165, 1.54) is 0 Å². The topological polar surface area (TPSA) is 84.7 Å². The van der Waals surface area contributed by atoms with Crippen molar-refractivity contribution in [2.24, 2.45) is 0 Å². The van der Waals surface area contributed by atoms with Gasteiger partial charge in [0, 0.05) is 25.2 Å². The zero-order valence-electron chi connectivity index (χ0n) is 14.9. The van der Waals surface area contributed by atoms with Gasteiger partial charge in [0.1, 0.15) is 5.82 Å². The van der Waals surface area contributed by atoms with Crippen LogP contribution in [0.25, 0.3) is 5.82 Å². The number of carbonyl (C=O) groups is 1. The highest BCUT2D eigenvalue weighted by molar-refractivity contribution is 5.75. The van der Waals surface area contributed by atoms with Crippen molar-refractivity contribution < 1.29 is 4.79 Å². The van der Waals surface area contributed by atoms with Gasteiger partial charge in [0.05, 0.1) is 5.69 Å². The summed E-state index contributed by atoms with van der Waals surface area (Å²) in [6, 6.07) is 3.75. The number of unbranched alkanes of at least 4 members (excludes halogenated alkanes) is 1. The Labute approximate surface area is 142 Å². The number of rotatable bonds is 8. The van der Waals surface area contributed by atoms with E-state index in [1.807, 2.05) is 32.9 Å². The number of carbonyl (C=O) groups excluding carboxylic acids is 1. The maximum atomic E-state index is 11.5. The molecule has 130 valence electrons. The molecule has 2 heterocycles. The van der Waals surface area contributed by atoms with Gasteiger partial charge in [0.2, 0.25) is 5.91 Å². The fourth-order valence-electron chi connectivity index (χ4n) is 2.29. The summed E-state index contributed by atoms with van der Waals surface area (Å²) in [5.41, 5.74) is 3.23. The lowest BCUT2D eigenvalue weighted by atomic mass is 10.2. The quantitative estimate of drug-likeness (QED) is 0.726. The molecule has 0 atom stereocenters. The van der Waals surface area contributed by atoms with Crippen LogP contribution in [0.15, 0.2) is 12.1 Å². The average molecular weight is 330 g/mol. The highest BCUT2D eigenvalue weighted by Gasteiger charge is 2.10. The fourth-order valence-corrected chi connectivity index (χ4v) is 2.29. The lowest BCUT2D eigenvalue weighted by Gasteiger charge is -2.08. The number of hydrogen-bond acceptors (Lipinski definition) is 5. The van der Waals surface area contributed by atoms with E-state index in [0.717, 1.165) is 29.8 Å². The highest BCUT2D eigenvalue weighted by atomic mass is 16.1. The third-order valence-corrected chi connectivity index (χ3v) is 4.03. The molecule has 0 saturated heterocycles. The van der Waals surface area contributed by atoms with Gasteiger partial charge in [-0.15, -0.1) is 10.2 Å². The van der Waals surface area contributed by atoms with E-state index < -0.39 is 0 Å². The molecule has 0 aromatic carbocycles. The molecule has 24 heavy (non-hydrogen) atoms. The van der Waals surface area contributed by atoms with E-state index in [2.05, 4.69) is 32.9 Å². The minimum absolute atomic E-state index is 0.0972. The van der Waals surface area contributed by atoms with E-state index in [9.17, 15) is 4.79 Å². The Morgan fingerprint density at radius 3 is 2.54 bits per heavy atom. The number of hydrogen-bond donors (Lipinski definition) is 2. The van der Waals surface area contributed by atoms with Gasteiger partial charge in [-0.05, 0) is 44.9 Å². The van der Waals surface area contributed by atoms with Crippen LogP contribution in [-0.4, -0.2) is 39.0 Å². The van der Waals surface area contributed by atoms with E-state index in [4.69, 9.17) is 0 Å². The van der Waals surface area contributed by atoms with Crippen LogP contribution in [0.5, 0.6) is 0 Å². The molecular formula is C17H26N6O. The summed E-state index contributed by atoms with van der Waals surface area (Å²) in [7, 11) is 0. The summed E-state index contributed by atoms with van der Waals surface area (Å²) in [6.45, 7) is 9.31. The van der Waals surface area contributed by atoms with Crippen molar-refractivity contribution in [3.63, 3.8) is 0 Å². The molecule has 1 amide bonds. The summed E-state index contributed by atoms with van der Waals surface area (Å²) in [6.07, 6.45) is 2.55. The second-order valence-corrected chi connectivity index (χ2v) is 5.86. The van der Waals surface area contributed by atoms with E-state index >= 15 is 0 Å². The SMILES string of the molecule is CCCCC(=O)NCCNc1ccc(-n2nc(C)c(C)c2C)nn1. The molecule has 0 spiro atoms. The monoisotopic (exact) mass is 330 g/mol. The number of nitrogens with one attached hydrogen (secondary N) is 2. The van der Waals surface area contributed by atoms with Crippen molar-refractivity contribution >= 4 is 11.7 Å². The van der Waals surface area contributed by atoms with Gasteiger partial charge >= 0.3 is 0 Å². The van der Waals surface area contributed by atoms with Gasteiger partial charge in [0.15, 0.2) is 5.82 Å². The zero-order valence-corrected chi connectivity index (χ0v) is 14.9. The van der Waals surface area contributed by atoms with Crippen molar-refractivity contribution in [2.45, 2.75) is 47.0 Å². The molecule has 0 radical (unpaired) electrons. The molecule has 0 bridgehead atoms. The molecule has 2 aromatic heterocycles. The van der Waals surface area contributed by atoms with Crippen LogP contribution in [0.3, 0.4) is 0 Å². The molecule has 2 aromatic rings. The Kier molecular flexibility index (Phi) is 6.28. The second-order valence-electron chi connectivity index (χ2n) is 5.86. The first-order valence-electron chi connectivity index (χ1n) is 8.40. The summed E-state index contributed by atoms with van der Waals surface area (Å²) >= 11 is 0. The Morgan fingerprint density at radius 1 is 1.17 bits per heavy atom. The van der Waals surface area contributed by atoms with Crippen LogP contribution in [-0.2, 0) is 4.79 Å². The van der Waals surface area contributed by atoms with Gasteiger partial charge in [-0.3, -0.25) is 4.79 Å². The Hall–Kier alpha value is -2.44. The first kappa shape index (κ1) is 17.9. The molecular weight excluding hydrogens is 304 g/mol. The smallest absolute Gasteiger partial charge is 0.220 e. The van der Waals surface area contributed by atoms with Crippen LogP contribution in [0.2, 0.25) is 0 Å². The van der Waals surface area contributed by atoms with E-state index in [1.54, 1.807) is 4.68 Å². The van der Waals surface area contributed by atoms with Crippen LogP contribution in [0, 0.1) is 20.8 Å². The first-order valence-corrected chi connectivity index (χ1v) is 8.40. The predicted octanol–water partition coefficient (Wildman–Crippen LogP) is 2.31. The van der Waals surface area contributed by atoms with Crippen molar-refractivity contribution in [2.75, 3.05) is 18.4 Å². The molecule has 0 aliphatic carbocycles. The molecule has 7 nitrogen and oxygen atoms in total. The molecule has 0 unspecified atom stereocenters. The van der Waals surface area contributed by atoms with Crippen molar-refractivity contribution in [1.29, 1.82) is 0 Å². The predicted molar refractivity (Wildman–Crippen MR) is 94.4 cm³/mol. The zero-order chi connectivity index (χ0) is 17.5. The highest BCUT2D eigenvalue weighted by Crippen LogP contribution is 2.15. The Morgan fingerprint density at radius 2 is 1.96 bits per heavy atom. The number of aromatic nitrogens is 4. The van der Waals surface area contributed by atoms with Gasteiger partial charge in [-0.25, -0.2) is 4.68 Å². The van der Waals surface area contributed by atoms with Gasteiger partial charge < -0.3 is 10.6 Å². The van der Waals surface area contributed by atoms with Crippen molar-refractivity contribution in [3.05, 3.63) is 29.1 Å². The molecule has 0 aliphatic heterocycles. The van der Waals surface area contributed by atoms with E-state index in [-0.39, 0.29) is 5.91 Å². The van der Waals surface area contributed by atoms with Gasteiger partial charge in [-0.1, -0.05) is 13.3 Å². The largest absolute Gasteiger partial charge is 0.367 e. The molecule has 2 rings (SSSR count). The maximum absolute atomic E-state index is 11.5. The fraction of sp³-hybridized carbons (Fsp3) is 0.529. The number of aryl methyl sites for hydroxylation is 1. The van der Waals surface area contributed by atoms with Crippen LogP contribution in [0.1, 0.15) is 43.1 Å². The van der Waals surface area contributed by atoms with Gasteiger partial charge in [0.25, 0.3) is 0 Å². The minimum Gasteiger partial charge on any atom is -0.367 e. The Balaban J connectivity index is 1.84. The number of amides is 1. The van der Waals surface area contributed by atoms with E-state index in [0.29, 0.717) is 31.1 Å². The maximum Gasteiger partial charge on any atom is 0.220 e. The third-order valence-electron chi connectivity index (χ3n) is 4.03. The molecule has 2 N–H and O–H groups in total. The summed E-state index contributed by atoms with van der Waals surface area (Å²) < 4.78 is 1.80. The molecule has 0 aliphatic rings. The summed E-state index contributed by atoms with van der Waals surface area (Å²) in [5.74, 6) is 1.47. The Bertz CT molecular complexity index is 677. The number of anilines is 1. The molecule has 0 saturated carbocycles. The van der Waals surface area contributed by atoms with Crippen LogP contribution >= 0.6 is 0 Å². The number of nitrogens with zero attached hydrogens (tertiary/aromatic N) is 4. The second kappa shape index (κ2) is 8.42. The minimum atomic E-state index is 0.0972. The van der Waals surface area contributed by atoms with Gasteiger partial charge in [-0.2, -0.15) is 5.10 Å². The van der Waals surface area contributed by atoms with Crippen LogP contribution in [0.4, 0.5) is 5.82 Å². The normalized spacial score (nSPS) is 10.7. The standard InChI is InChI=1S/C17H26N6O/c1-5-6-7-17(24)19-11-10-18-15-8-9-16(21-20-15)23-14(4)12(2)13(3)22-23/h8-9H,5-7,10-11H2,1-4H3,(H,18,20)(H,19,24). The summed E-state index contributed by atoms with van der Waals surface area (Å²) in [4.78, 5) is 11.5. The molecule has 7 heteroatoms. The van der Waals surface area contributed by atoms with Crippen molar-refractivity contribution in [1.82, 2.24) is 25.3 Å². The van der Waals surface area contributed by atoms with Crippen LogP contribution < -0.4 is 10.6 Å². The average Bonchev–Trinajstić information content (AvgIpc) is 2.85. The lowest BCUT2D eigenvalue weighted by molar-refractivity contribution is -0.121. The molecule has 0 fully saturated rings. The first-order chi connectivity index (χ1) is 11.5. The van der Waals surface area contributed by atoms with Crippen molar-refractivity contribution in [3.8, 4) is 5.82 Å².